The van der Waals surface area contributed by atoms with Crippen LogP contribution in [0.15, 0.2) is 0 Å². The Bertz CT molecular complexity index is 82.6. The molecule has 0 saturated heterocycles. The van der Waals surface area contributed by atoms with Crippen LogP contribution in [-0.4, -0.2) is 28.0 Å². The first-order valence-corrected chi connectivity index (χ1v) is 3.14. The van der Waals surface area contributed by atoms with Gasteiger partial charge < -0.3 is 5.11 Å². The van der Waals surface area contributed by atoms with Crippen molar-refractivity contribution in [1.29, 1.82) is 0 Å². The fraction of sp³-hybridized carbons (Fsp3) is 1.00. The minimum Gasteiger partial charge on any atom is -0.389 e. The molecular formula is C3H6BrNO3. The zero-order valence-corrected chi connectivity index (χ0v) is 5.67. The van der Waals surface area contributed by atoms with Gasteiger partial charge in [0.1, 0.15) is 6.61 Å². The summed E-state index contributed by atoms with van der Waals surface area (Å²) in [5, 5.41) is 18.2. The average molecular weight is 184 g/mol. The molecule has 0 aromatic rings. The second-order valence-electron chi connectivity index (χ2n) is 1.28. The second kappa shape index (κ2) is 3.80. The summed E-state index contributed by atoms with van der Waals surface area (Å²) in [5.74, 6) is 0. The number of rotatable bonds is 3. The van der Waals surface area contributed by atoms with Crippen LogP contribution in [0.2, 0.25) is 0 Å². The van der Waals surface area contributed by atoms with Crippen LogP contribution in [-0.2, 0) is 0 Å². The highest BCUT2D eigenvalue weighted by molar-refractivity contribution is 9.09. The molecule has 0 heterocycles. The fourth-order valence-electron chi connectivity index (χ4n) is 0.172. The summed E-state index contributed by atoms with van der Waals surface area (Å²) in [6.45, 7) is -0.405. The Labute approximate surface area is 54.8 Å². The summed E-state index contributed by atoms with van der Waals surface area (Å²) in [6.07, 6.45) is 0. The van der Waals surface area contributed by atoms with Gasteiger partial charge in [0.2, 0.25) is 6.04 Å². The maximum Gasteiger partial charge on any atom is 0.245 e. The fourth-order valence-corrected chi connectivity index (χ4v) is 0.613. The Balaban J connectivity index is 3.52. The Morgan fingerprint density at radius 2 is 2.38 bits per heavy atom. The summed E-state index contributed by atoms with van der Waals surface area (Å²) in [7, 11) is 0. The van der Waals surface area contributed by atoms with E-state index in [2.05, 4.69) is 15.9 Å². The Hall–Kier alpha value is -0.160. The number of hydrogen-bond donors (Lipinski definition) is 1. The zero-order valence-electron chi connectivity index (χ0n) is 4.08. The van der Waals surface area contributed by atoms with Gasteiger partial charge in [-0.15, -0.1) is 0 Å². The van der Waals surface area contributed by atoms with Crippen LogP contribution < -0.4 is 0 Å². The summed E-state index contributed by atoms with van der Waals surface area (Å²) >= 11 is 2.87. The van der Waals surface area contributed by atoms with Gasteiger partial charge in [0, 0.05) is 4.92 Å². The first kappa shape index (κ1) is 7.84. The lowest BCUT2D eigenvalue weighted by molar-refractivity contribution is -0.519. The summed E-state index contributed by atoms with van der Waals surface area (Å²) < 4.78 is 0. The maximum absolute atomic E-state index is 9.78. The van der Waals surface area contributed by atoms with E-state index in [4.69, 9.17) is 5.11 Å². The highest BCUT2D eigenvalue weighted by Crippen LogP contribution is 1.92. The van der Waals surface area contributed by atoms with Gasteiger partial charge in [0.25, 0.3) is 0 Å². The molecule has 1 unspecified atom stereocenters. The van der Waals surface area contributed by atoms with Gasteiger partial charge in [-0.2, -0.15) is 0 Å². The smallest absolute Gasteiger partial charge is 0.245 e. The largest absolute Gasteiger partial charge is 0.389 e. The molecule has 0 aromatic heterocycles. The van der Waals surface area contributed by atoms with Gasteiger partial charge in [-0.3, -0.25) is 10.1 Å². The van der Waals surface area contributed by atoms with E-state index in [0.717, 1.165) is 0 Å². The predicted octanol–water partition coefficient (Wildman–Crippen LogP) is 0.0189. The molecule has 48 valence electrons. The lowest BCUT2D eigenvalue weighted by Gasteiger charge is -1.98. The molecule has 0 aromatic carbocycles. The highest BCUT2D eigenvalue weighted by atomic mass is 79.9. The SMILES string of the molecule is O=[N+]([O-])C(CO)CBr. The molecule has 0 rings (SSSR count). The third kappa shape index (κ3) is 2.23. The van der Waals surface area contributed by atoms with E-state index >= 15 is 0 Å². The molecule has 1 atom stereocenters. The number of alkyl halides is 1. The normalized spacial score (nSPS) is 13.2. The van der Waals surface area contributed by atoms with Crippen LogP contribution in [0.5, 0.6) is 0 Å². The summed E-state index contributed by atoms with van der Waals surface area (Å²) in [6, 6.07) is -0.852. The van der Waals surface area contributed by atoms with E-state index in [1.165, 1.54) is 0 Å². The topological polar surface area (TPSA) is 63.4 Å². The van der Waals surface area contributed by atoms with Crippen LogP contribution in [0.3, 0.4) is 0 Å². The summed E-state index contributed by atoms with van der Waals surface area (Å²) in [4.78, 5) is 9.26. The number of hydrogen-bond acceptors (Lipinski definition) is 3. The monoisotopic (exact) mass is 183 g/mol. The number of nitrogens with zero attached hydrogens (tertiary/aromatic N) is 1. The Morgan fingerprint density at radius 3 is 2.38 bits per heavy atom. The number of aliphatic hydroxyl groups excluding tert-OH is 1. The first-order chi connectivity index (χ1) is 3.72. The molecule has 0 fully saturated rings. The molecule has 8 heavy (non-hydrogen) atoms. The van der Waals surface area contributed by atoms with Crippen LogP contribution in [0.25, 0.3) is 0 Å². The third-order valence-corrected chi connectivity index (χ3v) is 1.43. The zero-order chi connectivity index (χ0) is 6.57. The molecule has 0 amide bonds. The minimum atomic E-state index is -0.852. The van der Waals surface area contributed by atoms with E-state index in [1.807, 2.05) is 0 Å². The van der Waals surface area contributed by atoms with Crippen molar-refractivity contribution in [2.24, 2.45) is 0 Å². The van der Waals surface area contributed by atoms with Crippen LogP contribution >= 0.6 is 15.9 Å². The molecule has 0 radical (unpaired) electrons. The summed E-state index contributed by atoms with van der Waals surface area (Å²) in [5.41, 5.74) is 0. The van der Waals surface area contributed by atoms with Gasteiger partial charge in [-0.05, 0) is 0 Å². The second-order valence-corrected chi connectivity index (χ2v) is 1.92. The molecule has 0 aliphatic rings. The maximum atomic E-state index is 9.78. The molecule has 0 aliphatic carbocycles. The van der Waals surface area contributed by atoms with Crippen molar-refractivity contribution >= 4 is 15.9 Å². The lowest BCUT2D eigenvalue weighted by Crippen LogP contribution is -2.24. The molecular weight excluding hydrogens is 178 g/mol. The van der Waals surface area contributed by atoms with E-state index in [-0.39, 0.29) is 5.33 Å². The van der Waals surface area contributed by atoms with Crippen molar-refractivity contribution < 1.29 is 10.0 Å². The standard InChI is InChI=1S/C3H6BrNO3/c4-1-3(2-6)5(7)8/h3,6H,1-2H2. The highest BCUT2D eigenvalue weighted by Gasteiger charge is 2.15. The molecule has 0 bridgehead atoms. The van der Waals surface area contributed by atoms with Crippen molar-refractivity contribution in [3.8, 4) is 0 Å². The Morgan fingerprint density at radius 1 is 1.88 bits per heavy atom. The van der Waals surface area contributed by atoms with Gasteiger partial charge in [-0.1, -0.05) is 15.9 Å². The molecule has 0 spiro atoms. The van der Waals surface area contributed by atoms with Gasteiger partial charge in [-0.25, -0.2) is 0 Å². The van der Waals surface area contributed by atoms with Crippen molar-refractivity contribution in [2.45, 2.75) is 6.04 Å². The molecule has 4 nitrogen and oxygen atoms in total. The van der Waals surface area contributed by atoms with Crippen molar-refractivity contribution in [1.82, 2.24) is 0 Å². The molecule has 0 aliphatic heterocycles. The number of aliphatic hydroxyl groups is 1. The van der Waals surface area contributed by atoms with Gasteiger partial charge in [0.05, 0.1) is 5.33 Å². The molecule has 1 N–H and O–H groups in total. The van der Waals surface area contributed by atoms with Crippen molar-refractivity contribution in [3.05, 3.63) is 10.1 Å². The van der Waals surface area contributed by atoms with Crippen LogP contribution in [0, 0.1) is 10.1 Å². The van der Waals surface area contributed by atoms with E-state index in [9.17, 15) is 10.1 Å². The van der Waals surface area contributed by atoms with Gasteiger partial charge in [0.15, 0.2) is 0 Å². The third-order valence-electron chi connectivity index (χ3n) is 0.687. The first-order valence-electron chi connectivity index (χ1n) is 2.02. The van der Waals surface area contributed by atoms with Crippen LogP contribution in [0.1, 0.15) is 0 Å². The van der Waals surface area contributed by atoms with Crippen LogP contribution in [0.4, 0.5) is 0 Å². The quantitative estimate of drug-likeness (QED) is 0.382. The molecule has 5 heteroatoms. The van der Waals surface area contributed by atoms with Gasteiger partial charge >= 0.3 is 0 Å². The lowest BCUT2D eigenvalue weighted by atomic mass is 10.4. The predicted molar refractivity (Wildman–Crippen MR) is 31.7 cm³/mol. The van der Waals surface area contributed by atoms with E-state index in [1.54, 1.807) is 0 Å². The van der Waals surface area contributed by atoms with E-state index in [0.29, 0.717) is 0 Å². The number of nitro groups is 1. The number of halogens is 1. The molecule has 0 saturated carbocycles. The average Bonchev–Trinajstić information content (AvgIpc) is 1.69. The van der Waals surface area contributed by atoms with Crippen molar-refractivity contribution in [3.63, 3.8) is 0 Å². The van der Waals surface area contributed by atoms with Crippen molar-refractivity contribution in [2.75, 3.05) is 11.9 Å². The minimum absolute atomic E-state index is 0.205. The van der Waals surface area contributed by atoms with E-state index < -0.39 is 17.6 Å². The Kier molecular flexibility index (Phi) is 3.72.